The first-order chi connectivity index (χ1) is 17.4. The second-order valence-electron chi connectivity index (χ2n) is 8.43. The van der Waals surface area contributed by atoms with Gasteiger partial charge in [-0.1, -0.05) is 12.6 Å². The first-order valence-corrected chi connectivity index (χ1v) is 11.3. The van der Waals surface area contributed by atoms with Crippen molar-refractivity contribution in [1.82, 2.24) is 24.9 Å². The maximum absolute atomic E-state index is 14.0. The van der Waals surface area contributed by atoms with E-state index in [1.807, 2.05) is 0 Å². The Morgan fingerprint density at radius 2 is 2.00 bits per heavy atom. The molecule has 1 aliphatic rings. The van der Waals surface area contributed by atoms with Crippen molar-refractivity contribution in [2.24, 2.45) is 0 Å². The van der Waals surface area contributed by atoms with Gasteiger partial charge in [0.25, 0.3) is 5.56 Å². The Morgan fingerprint density at radius 1 is 1.22 bits per heavy atom. The van der Waals surface area contributed by atoms with Crippen LogP contribution in [0.3, 0.4) is 0 Å². The van der Waals surface area contributed by atoms with Gasteiger partial charge in [0, 0.05) is 19.0 Å². The molecular weight excluding hydrogens is 470 g/mol. The molecule has 36 heavy (non-hydrogen) atoms. The van der Waals surface area contributed by atoms with E-state index >= 15 is 0 Å². The highest BCUT2D eigenvalue weighted by Crippen LogP contribution is 2.33. The Balaban J connectivity index is 1.54. The zero-order chi connectivity index (χ0) is 25.4. The van der Waals surface area contributed by atoms with E-state index in [0.29, 0.717) is 35.4 Å². The number of hydrogen-bond donors (Lipinski definition) is 2. The van der Waals surface area contributed by atoms with E-state index in [0.717, 1.165) is 18.9 Å². The first kappa shape index (κ1) is 23.2. The fourth-order valence-corrected chi connectivity index (χ4v) is 4.46. The zero-order valence-electron chi connectivity index (χ0n) is 19.1. The number of hydrogen-bond acceptors (Lipinski definition) is 6. The molecule has 0 spiro atoms. The van der Waals surface area contributed by atoms with Crippen LogP contribution in [-0.2, 0) is 4.79 Å². The number of benzene rings is 2. The number of nitrogen functional groups attached to an aromatic ring is 1. The molecule has 9 nitrogen and oxygen atoms in total. The molecule has 3 N–H and O–H groups in total. The smallest absolute Gasteiger partial charge is 0.275 e. The van der Waals surface area contributed by atoms with Crippen LogP contribution in [0.2, 0.25) is 0 Å². The van der Waals surface area contributed by atoms with Crippen molar-refractivity contribution >= 4 is 22.6 Å². The number of amides is 1. The molecule has 2 aromatic carbocycles. The summed E-state index contributed by atoms with van der Waals surface area (Å²) in [6, 6.07) is 10.1. The lowest BCUT2D eigenvalue weighted by Crippen LogP contribution is -2.38. The molecule has 0 saturated carbocycles. The summed E-state index contributed by atoms with van der Waals surface area (Å²) in [4.78, 5) is 26.7. The van der Waals surface area contributed by atoms with Crippen LogP contribution in [0, 0.1) is 11.6 Å². The third-order valence-electron chi connectivity index (χ3n) is 6.18. The minimum absolute atomic E-state index is 0.0836. The second-order valence-corrected chi connectivity index (χ2v) is 8.43. The van der Waals surface area contributed by atoms with Crippen LogP contribution < -0.4 is 16.0 Å². The Hall–Kier alpha value is -4.54. The predicted octanol–water partition coefficient (Wildman–Crippen LogP) is 3.65. The van der Waals surface area contributed by atoms with Crippen molar-refractivity contribution in [1.29, 1.82) is 0 Å². The summed E-state index contributed by atoms with van der Waals surface area (Å²) in [6.45, 7) is 4.55. The molecule has 0 radical (unpaired) electrons. The molecule has 3 heterocycles. The number of fused-ring (bicyclic) bond motifs is 1. The quantitative estimate of drug-likeness (QED) is 0.411. The number of nitrogens with one attached hydrogen (secondary N) is 1. The number of nitrogens with zero attached hydrogens (tertiary/aromatic N) is 4. The lowest BCUT2D eigenvalue weighted by Gasteiger charge is -2.31. The molecule has 0 unspecified atom stereocenters. The molecular formula is C25H22F2N6O3. The Bertz CT molecular complexity index is 1530. The van der Waals surface area contributed by atoms with Gasteiger partial charge in [0.15, 0.2) is 17.4 Å². The second kappa shape index (κ2) is 9.25. The zero-order valence-corrected chi connectivity index (χ0v) is 19.1. The van der Waals surface area contributed by atoms with Gasteiger partial charge in [0.2, 0.25) is 11.7 Å². The predicted molar refractivity (Wildman–Crippen MR) is 129 cm³/mol. The number of anilines is 1. The van der Waals surface area contributed by atoms with Gasteiger partial charge in [-0.3, -0.25) is 9.59 Å². The molecule has 2 aromatic heterocycles. The van der Waals surface area contributed by atoms with Crippen molar-refractivity contribution in [3.63, 3.8) is 0 Å². The average Bonchev–Trinajstić information content (AvgIpc) is 3.31. The van der Waals surface area contributed by atoms with Crippen LogP contribution in [0.15, 0.2) is 59.9 Å². The summed E-state index contributed by atoms with van der Waals surface area (Å²) in [6.07, 6.45) is 2.76. The fourth-order valence-electron chi connectivity index (χ4n) is 4.46. The van der Waals surface area contributed by atoms with Gasteiger partial charge >= 0.3 is 0 Å². The van der Waals surface area contributed by atoms with Crippen LogP contribution in [-0.4, -0.2) is 43.9 Å². The lowest BCUT2D eigenvalue weighted by atomic mass is 9.93. The van der Waals surface area contributed by atoms with Gasteiger partial charge in [-0.25, -0.2) is 14.2 Å². The highest BCUT2D eigenvalue weighted by atomic mass is 19.2. The van der Waals surface area contributed by atoms with Crippen LogP contribution >= 0.6 is 0 Å². The molecule has 4 aromatic rings. The van der Waals surface area contributed by atoms with Crippen molar-refractivity contribution in [3.8, 4) is 17.2 Å². The van der Waals surface area contributed by atoms with Gasteiger partial charge in [0.05, 0.1) is 16.8 Å². The van der Waals surface area contributed by atoms with E-state index in [1.54, 1.807) is 29.2 Å². The van der Waals surface area contributed by atoms with Crippen LogP contribution in [0.1, 0.15) is 24.5 Å². The summed E-state index contributed by atoms with van der Waals surface area (Å²) in [5.41, 5.74) is 7.11. The van der Waals surface area contributed by atoms with Crippen molar-refractivity contribution < 1.29 is 18.3 Å². The number of piperidine rings is 1. The normalized spacial score (nSPS) is 15.7. The highest BCUT2D eigenvalue weighted by molar-refractivity contribution is 5.91. The average molecular weight is 492 g/mol. The van der Waals surface area contributed by atoms with E-state index in [2.05, 4.69) is 16.8 Å². The number of carbonyl (C=O) groups is 1. The number of ether oxygens (including phenoxy) is 1. The van der Waals surface area contributed by atoms with Gasteiger partial charge in [-0.05, 0) is 55.3 Å². The molecule has 0 bridgehead atoms. The van der Waals surface area contributed by atoms with E-state index in [1.165, 1.54) is 22.9 Å². The minimum atomic E-state index is -1.08. The van der Waals surface area contributed by atoms with Crippen molar-refractivity contribution in [3.05, 3.63) is 82.8 Å². The van der Waals surface area contributed by atoms with E-state index in [-0.39, 0.29) is 29.1 Å². The highest BCUT2D eigenvalue weighted by Gasteiger charge is 2.30. The molecule has 1 aliphatic heterocycles. The van der Waals surface area contributed by atoms with Crippen LogP contribution in [0.5, 0.6) is 11.5 Å². The standard InChI is InChI=1S/C25H22F2N6O3/c1-2-19(34)32-12-4-5-14(13-32)22-20-23(24(28)29-30-25(20)35)33(31-22)15-8-10-16(11-9-15)36-18-7-3-6-17(26)21(18)27/h2-3,6-11,14H,1,4-5,12-13H2,(H2,28,29)(H,30,35)/t14-/m1/s1. The monoisotopic (exact) mass is 492 g/mol. The number of rotatable bonds is 5. The number of aromatic nitrogens is 4. The summed E-state index contributed by atoms with van der Waals surface area (Å²) < 4.78 is 34.5. The molecule has 1 saturated heterocycles. The van der Waals surface area contributed by atoms with Gasteiger partial charge in [-0.15, -0.1) is 0 Å². The van der Waals surface area contributed by atoms with Crippen LogP contribution in [0.25, 0.3) is 16.6 Å². The molecule has 184 valence electrons. The lowest BCUT2D eigenvalue weighted by molar-refractivity contribution is -0.127. The fraction of sp³-hybridized carbons (Fsp3) is 0.200. The third kappa shape index (κ3) is 4.08. The van der Waals surface area contributed by atoms with Crippen LogP contribution in [0.4, 0.5) is 14.6 Å². The van der Waals surface area contributed by atoms with Gasteiger partial charge in [-0.2, -0.15) is 14.6 Å². The third-order valence-corrected chi connectivity index (χ3v) is 6.18. The van der Waals surface area contributed by atoms with Gasteiger partial charge < -0.3 is 15.4 Å². The summed E-state index contributed by atoms with van der Waals surface area (Å²) >= 11 is 0. The Kier molecular flexibility index (Phi) is 5.96. The van der Waals surface area contributed by atoms with E-state index in [4.69, 9.17) is 15.6 Å². The number of aromatic amines is 1. The van der Waals surface area contributed by atoms with Gasteiger partial charge in [0.1, 0.15) is 11.3 Å². The van der Waals surface area contributed by atoms with E-state index in [9.17, 15) is 18.4 Å². The largest absolute Gasteiger partial charge is 0.454 e. The molecule has 1 atom stereocenters. The number of nitrogens with two attached hydrogens (primary N) is 1. The summed E-state index contributed by atoms with van der Waals surface area (Å²) in [5.74, 6) is -2.35. The topological polar surface area (TPSA) is 119 Å². The maximum atomic E-state index is 14.0. The molecule has 1 amide bonds. The summed E-state index contributed by atoms with van der Waals surface area (Å²) in [5, 5.41) is 11.3. The number of halogens is 2. The van der Waals surface area contributed by atoms with E-state index < -0.39 is 17.2 Å². The van der Waals surface area contributed by atoms with Crippen molar-refractivity contribution in [2.75, 3.05) is 18.8 Å². The molecule has 0 aliphatic carbocycles. The van der Waals surface area contributed by atoms with Crippen molar-refractivity contribution in [2.45, 2.75) is 18.8 Å². The minimum Gasteiger partial charge on any atom is -0.454 e. The summed E-state index contributed by atoms with van der Waals surface area (Å²) in [7, 11) is 0. The Morgan fingerprint density at radius 3 is 2.75 bits per heavy atom. The molecule has 5 rings (SSSR count). The number of carbonyl (C=O) groups excluding carboxylic acids is 1. The molecule has 11 heteroatoms. The first-order valence-electron chi connectivity index (χ1n) is 11.3. The Labute approximate surface area is 203 Å². The molecule has 1 fully saturated rings. The number of H-pyrrole nitrogens is 1. The SMILES string of the molecule is C=CC(=O)N1CCC[C@@H](c2nn(-c3ccc(Oc4cccc(F)c4F)cc3)c3c(N)n[nH]c(=O)c23)C1. The number of likely N-dealkylation sites (tertiary alicyclic amines) is 1. The maximum Gasteiger partial charge on any atom is 0.275 e.